The van der Waals surface area contributed by atoms with Crippen LogP contribution in [0.1, 0.15) is 264 Å². The Morgan fingerprint density at radius 1 is 0.246 bits per heavy atom. The van der Waals surface area contributed by atoms with Crippen LogP contribution in [0.15, 0.2) is 109 Å². The van der Waals surface area contributed by atoms with Crippen LogP contribution in [-0.2, 0) is 28.4 Å². The maximum Gasteiger partial charge on any atom is 0.341 e. The fourth-order valence-electron chi connectivity index (χ4n) is 14.2. The van der Waals surface area contributed by atoms with Gasteiger partial charge in [0.2, 0.25) is 0 Å². The molecule has 12 N–H and O–H groups in total. The number of carbonyl (C=O) groups excluding carboxylic acids is 6. The zero-order valence-corrected chi connectivity index (χ0v) is 89.8. The molecule has 6 rings (SSSR count). The molecule has 0 bridgehead atoms. The van der Waals surface area contributed by atoms with Crippen molar-refractivity contribution in [3.8, 4) is 34.5 Å². The monoisotopic (exact) mass is 1930 g/mol. The number of rotatable bonds is 54. The highest BCUT2D eigenvalue weighted by Gasteiger charge is 2.29. The molecule has 0 aromatic heterocycles. The molecule has 6 aromatic carbocycles. The summed E-state index contributed by atoms with van der Waals surface area (Å²) in [6.07, 6.45) is 11.9. The molecule has 0 aliphatic heterocycles. The van der Waals surface area contributed by atoms with Gasteiger partial charge in [0.15, 0.2) is 0 Å². The van der Waals surface area contributed by atoms with Crippen molar-refractivity contribution in [3.05, 3.63) is 143 Å². The molecule has 0 aliphatic rings. The standard InChI is InChI=1S/2C19H32N2O3.2C18H30N2O3.2C17H28N2O3/c1-6-8-11-23-18-12-15(20)9-10-16(18)19(22)24-13-17(21(4)5)14(3)7-2;1-6-8-11-23-18-12-15(9-10-16(18)20)19(22)24-13-17(21(4)5)14(3)7-2;1-6-10-22-17-11-14(19)8-9-15(17)18(21)23-12-16(20(4)5)13(3)7-2;1-6-10-22-17-11-14(8-9-15(17)19)18(21)23-12-16(20(4)5)13(3)7-2;1-6-12(3)15(19(4)5)11-22-17(20)14-9-8-13(18)10-16(14)21-7-2;1-6-12(3)15(19(4)5)11-22-17(20)13-8-9-14(18)16(10-13)21-7-2/h2*9-10,12,14,17H,6-8,11,13,20H2,1-5H3;2*8-9,11,13,16H,6-7,10,12,19H2,1-5H3;2*8-10,12,15H,6-7,11,18H2,1-5H3/t2*14?,17-;2*13?,16-;2*12?,15-/m111111/s1. The van der Waals surface area contributed by atoms with E-state index >= 15 is 0 Å². The summed E-state index contributed by atoms with van der Waals surface area (Å²) in [7, 11) is 24.0. The maximum absolute atomic E-state index is 12.5. The molecule has 780 valence electrons. The summed E-state index contributed by atoms with van der Waals surface area (Å²) in [6.45, 7) is 43.2. The van der Waals surface area contributed by atoms with Crippen LogP contribution in [0.2, 0.25) is 0 Å². The first-order valence-electron chi connectivity index (χ1n) is 49.6. The van der Waals surface area contributed by atoms with E-state index in [4.69, 9.17) is 91.2 Å². The van der Waals surface area contributed by atoms with Gasteiger partial charge in [0.05, 0.1) is 73.4 Å². The van der Waals surface area contributed by atoms with Crippen molar-refractivity contribution in [2.24, 2.45) is 35.5 Å². The van der Waals surface area contributed by atoms with E-state index in [0.717, 1.165) is 77.0 Å². The zero-order valence-electron chi connectivity index (χ0n) is 89.8. The molecule has 30 heteroatoms. The fourth-order valence-corrected chi connectivity index (χ4v) is 14.2. The predicted octanol–water partition coefficient (Wildman–Crippen LogP) is 19.1. The first-order valence-corrected chi connectivity index (χ1v) is 49.6. The van der Waals surface area contributed by atoms with E-state index in [9.17, 15) is 28.8 Å². The molecule has 0 aliphatic carbocycles. The van der Waals surface area contributed by atoms with Gasteiger partial charge in [-0.1, -0.05) is 162 Å². The number of benzene rings is 6. The molecular weight excluding hydrogens is 1750 g/mol. The van der Waals surface area contributed by atoms with Gasteiger partial charge in [-0.25, -0.2) is 28.8 Å². The van der Waals surface area contributed by atoms with Crippen molar-refractivity contribution in [1.82, 2.24) is 29.4 Å². The summed E-state index contributed by atoms with van der Waals surface area (Å²) in [4.78, 5) is 86.6. The Hall–Kier alpha value is -10.5. The average molecular weight is 1930 g/mol. The quantitative estimate of drug-likeness (QED) is 0.00894. The minimum absolute atomic E-state index is 0.192. The number of hydrogen-bond acceptors (Lipinski definition) is 30. The van der Waals surface area contributed by atoms with Gasteiger partial charge in [-0.05, 0) is 251 Å². The molecular formula is C108H180N12O18. The molecule has 30 nitrogen and oxygen atoms in total. The molecule has 0 saturated heterocycles. The number of unbranched alkanes of at least 4 members (excludes halogenated alkanes) is 2. The normalized spacial score (nSPS) is 13.7. The van der Waals surface area contributed by atoms with Crippen molar-refractivity contribution < 1.29 is 85.6 Å². The molecule has 6 unspecified atom stereocenters. The lowest BCUT2D eigenvalue weighted by Crippen LogP contribution is -2.38. The van der Waals surface area contributed by atoms with Crippen molar-refractivity contribution in [2.75, 3.05) is 198 Å². The summed E-state index contributed by atoms with van der Waals surface area (Å²) in [6, 6.07) is 31.2. The number of nitrogen functional groups attached to an aromatic ring is 6. The third-order valence-electron chi connectivity index (χ3n) is 24.6. The summed E-state index contributed by atoms with van der Waals surface area (Å²) in [5.74, 6) is 3.59. The molecule has 138 heavy (non-hydrogen) atoms. The highest BCUT2D eigenvalue weighted by atomic mass is 16.6. The smallest absolute Gasteiger partial charge is 0.341 e. The number of esters is 6. The van der Waals surface area contributed by atoms with E-state index in [2.05, 4.69) is 126 Å². The van der Waals surface area contributed by atoms with Crippen molar-refractivity contribution >= 4 is 69.9 Å². The summed E-state index contributed by atoms with van der Waals surface area (Å²) in [5, 5.41) is 0. The zero-order chi connectivity index (χ0) is 104. The Bertz CT molecular complexity index is 4440. The topological polar surface area (TPSA) is 389 Å². The van der Waals surface area contributed by atoms with Crippen molar-refractivity contribution in [2.45, 2.75) is 238 Å². The molecule has 0 spiro atoms. The van der Waals surface area contributed by atoms with Gasteiger partial charge < -0.3 is 121 Å². The predicted molar refractivity (Wildman–Crippen MR) is 563 cm³/mol. The van der Waals surface area contributed by atoms with E-state index in [1.165, 1.54) is 0 Å². The fraction of sp³-hybridized carbons (Fsp3) is 0.611. The Morgan fingerprint density at radius 3 is 0.667 bits per heavy atom. The minimum Gasteiger partial charge on any atom is -0.493 e. The van der Waals surface area contributed by atoms with Crippen LogP contribution in [0.3, 0.4) is 0 Å². The van der Waals surface area contributed by atoms with Gasteiger partial charge in [0, 0.05) is 71.5 Å². The third-order valence-corrected chi connectivity index (χ3v) is 24.6. The van der Waals surface area contributed by atoms with Crippen LogP contribution in [0.4, 0.5) is 34.1 Å². The molecule has 0 heterocycles. The largest absolute Gasteiger partial charge is 0.493 e. The van der Waals surface area contributed by atoms with Gasteiger partial charge in [0.1, 0.15) is 90.8 Å². The molecule has 0 radical (unpaired) electrons. The number of likely N-dealkylation sites (N-methyl/N-ethyl adjacent to an activating group) is 6. The summed E-state index contributed by atoms with van der Waals surface area (Å²) < 4.78 is 66.5. The van der Waals surface area contributed by atoms with E-state index < -0.39 is 0 Å². The highest BCUT2D eigenvalue weighted by molar-refractivity contribution is 5.95. The second-order valence-corrected chi connectivity index (χ2v) is 36.6. The van der Waals surface area contributed by atoms with E-state index in [1.807, 2.05) is 112 Å². The van der Waals surface area contributed by atoms with Crippen LogP contribution in [0.5, 0.6) is 34.5 Å². The van der Waals surface area contributed by atoms with Crippen molar-refractivity contribution in [3.63, 3.8) is 0 Å². The molecule has 0 fully saturated rings. The number of carbonyl (C=O) groups is 6. The highest BCUT2D eigenvalue weighted by Crippen LogP contribution is 2.32. The van der Waals surface area contributed by atoms with Crippen LogP contribution >= 0.6 is 0 Å². The molecule has 0 amide bonds. The van der Waals surface area contributed by atoms with Crippen LogP contribution in [-0.4, -0.2) is 265 Å². The van der Waals surface area contributed by atoms with Gasteiger partial charge in [0.25, 0.3) is 0 Å². The van der Waals surface area contributed by atoms with Crippen LogP contribution in [0, 0.1) is 35.5 Å². The second kappa shape index (κ2) is 69.3. The first kappa shape index (κ1) is 126. The number of anilines is 6. The Labute approximate surface area is 829 Å². The lowest BCUT2D eigenvalue weighted by Gasteiger charge is -2.29. The SMILES string of the molecule is CCCCOc1cc(C(=O)OC[C@H](C(C)CC)N(C)C)ccc1N.CCCCOc1cc(N)ccc1C(=O)OC[C@H](C(C)CC)N(C)C.CCCOc1cc(C(=O)OC[C@H](C(C)CC)N(C)C)ccc1N.CCCOc1cc(N)ccc1C(=O)OC[C@H](C(C)CC)N(C)C.CCOc1cc(C(=O)OC[C@H](C(C)CC)N(C)C)ccc1N.CCOc1cc(N)ccc1C(=O)OC[C@H](C(C)CC)N(C)C. The van der Waals surface area contributed by atoms with Crippen LogP contribution < -0.4 is 62.8 Å². The number of nitrogens with zero attached hydrogens (tertiary/aromatic N) is 6. The first-order chi connectivity index (χ1) is 65.4. The van der Waals surface area contributed by atoms with Gasteiger partial charge in [-0.3, -0.25) is 0 Å². The molecule has 0 saturated carbocycles. The Morgan fingerprint density at radius 2 is 0.449 bits per heavy atom. The lowest BCUT2D eigenvalue weighted by molar-refractivity contribution is 0.0324. The van der Waals surface area contributed by atoms with Crippen molar-refractivity contribution in [1.29, 1.82) is 0 Å². The molecule has 12 atom stereocenters. The van der Waals surface area contributed by atoms with E-state index in [-0.39, 0.29) is 72.1 Å². The summed E-state index contributed by atoms with van der Waals surface area (Å²) in [5.41, 5.74) is 40.9. The average Bonchev–Trinajstić information content (AvgIpc) is 0.856. The van der Waals surface area contributed by atoms with Gasteiger partial charge >= 0.3 is 35.8 Å². The Balaban J connectivity index is 0.000000828. The number of ether oxygens (including phenoxy) is 12. The lowest BCUT2D eigenvalue weighted by atomic mass is 9.99. The second-order valence-electron chi connectivity index (χ2n) is 36.6. The van der Waals surface area contributed by atoms with Gasteiger partial charge in [-0.15, -0.1) is 0 Å². The third kappa shape index (κ3) is 46.1. The molecule has 6 aromatic rings. The van der Waals surface area contributed by atoms with E-state index in [0.29, 0.717) is 217 Å². The minimum atomic E-state index is -0.376. The van der Waals surface area contributed by atoms with E-state index in [1.54, 1.807) is 109 Å². The number of hydrogen-bond donors (Lipinski definition) is 6. The summed E-state index contributed by atoms with van der Waals surface area (Å²) >= 11 is 0. The number of nitrogens with two attached hydrogens (primary N) is 6. The maximum atomic E-state index is 12.5. The Kier molecular flexibility index (Phi) is 63.1. The van der Waals surface area contributed by atoms with Crippen LogP contribution in [0.25, 0.3) is 0 Å². The van der Waals surface area contributed by atoms with Gasteiger partial charge in [-0.2, -0.15) is 0 Å².